The predicted octanol–water partition coefficient (Wildman–Crippen LogP) is 0.518. The molecule has 2 rings (SSSR count). The molecule has 0 aliphatic carbocycles. The van der Waals surface area contributed by atoms with Gasteiger partial charge in [-0.15, -0.1) is 0 Å². The molecule has 0 radical (unpaired) electrons. The van der Waals surface area contributed by atoms with Crippen molar-refractivity contribution in [3.63, 3.8) is 0 Å². The first kappa shape index (κ1) is 9.76. The Morgan fingerprint density at radius 3 is 3.20 bits per heavy atom. The summed E-state index contributed by atoms with van der Waals surface area (Å²) in [5.41, 5.74) is 6.52. The number of nitrogens with two attached hydrogens (primary N) is 1. The second kappa shape index (κ2) is 3.76. The Kier molecular flexibility index (Phi) is 2.45. The maximum Gasteiger partial charge on any atom is 0.259 e. The van der Waals surface area contributed by atoms with E-state index in [1.54, 1.807) is 11.0 Å². The fraction of sp³-hybridized carbons (Fsp3) is 0.400. The lowest BCUT2D eigenvalue weighted by atomic mass is 10.2. The van der Waals surface area contributed by atoms with Crippen LogP contribution in [0.2, 0.25) is 0 Å². The van der Waals surface area contributed by atoms with Crippen LogP contribution in [0.1, 0.15) is 17.3 Å². The number of carbonyl (C=O) groups is 1. The number of pyridine rings is 1. The van der Waals surface area contributed by atoms with E-state index < -0.39 is 0 Å². The van der Waals surface area contributed by atoms with Crippen LogP contribution in [-0.2, 0) is 0 Å². The summed E-state index contributed by atoms with van der Waals surface area (Å²) in [7, 11) is 0. The first-order valence-corrected chi connectivity index (χ1v) is 4.90. The van der Waals surface area contributed by atoms with Crippen molar-refractivity contribution in [1.29, 1.82) is 0 Å². The summed E-state index contributed by atoms with van der Waals surface area (Å²) in [6.45, 7) is 3.66. The average Bonchev–Trinajstić information content (AvgIpc) is 2.39. The Balaban J connectivity index is 2.44. The summed E-state index contributed by atoms with van der Waals surface area (Å²) in [5, 5.41) is 0. The minimum Gasteiger partial charge on any atom is -0.475 e. The van der Waals surface area contributed by atoms with E-state index in [-0.39, 0.29) is 5.91 Å². The van der Waals surface area contributed by atoms with Crippen LogP contribution in [0, 0.1) is 0 Å². The fourth-order valence-electron chi connectivity index (χ4n) is 1.56. The number of aromatic nitrogens is 1. The second-order valence-corrected chi connectivity index (χ2v) is 3.35. The number of hydrogen-bond donors (Lipinski definition) is 1. The van der Waals surface area contributed by atoms with E-state index in [0.29, 0.717) is 36.8 Å². The number of nitrogens with zero attached hydrogens (tertiary/aromatic N) is 2. The van der Waals surface area contributed by atoms with Gasteiger partial charge in [0.25, 0.3) is 5.91 Å². The number of carbonyl (C=O) groups excluding carboxylic acids is 1. The van der Waals surface area contributed by atoms with Crippen LogP contribution in [0.5, 0.6) is 5.88 Å². The van der Waals surface area contributed by atoms with E-state index in [9.17, 15) is 4.79 Å². The van der Waals surface area contributed by atoms with E-state index in [4.69, 9.17) is 10.5 Å². The second-order valence-electron chi connectivity index (χ2n) is 3.35. The van der Waals surface area contributed by atoms with Crippen molar-refractivity contribution in [3.8, 4) is 5.88 Å². The normalized spacial score (nSPS) is 15.5. The number of rotatable bonds is 1. The van der Waals surface area contributed by atoms with Crippen LogP contribution in [0.4, 0.5) is 5.69 Å². The lowest BCUT2D eigenvalue weighted by Crippen LogP contribution is -2.32. The average molecular weight is 207 g/mol. The van der Waals surface area contributed by atoms with Crippen molar-refractivity contribution in [3.05, 3.63) is 17.8 Å². The van der Waals surface area contributed by atoms with Gasteiger partial charge in [-0.25, -0.2) is 4.98 Å². The summed E-state index contributed by atoms with van der Waals surface area (Å²) in [4.78, 5) is 17.7. The monoisotopic (exact) mass is 207 g/mol. The Labute approximate surface area is 87.8 Å². The van der Waals surface area contributed by atoms with Crippen LogP contribution in [-0.4, -0.2) is 35.5 Å². The number of hydrogen-bond acceptors (Lipinski definition) is 4. The predicted molar refractivity (Wildman–Crippen MR) is 55.7 cm³/mol. The molecule has 0 atom stereocenters. The van der Waals surface area contributed by atoms with E-state index in [0.717, 1.165) is 0 Å². The van der Waals surface area contributed by atoms with Gasteiger partial charge in [-0.1, -0.05) is 0 Å². The molecule has 80 valence electrons. The molecule has 2 heterocycles. The minimum atomic E-state index is -0.0650. The molecule has 0 spiro atoms. The quantitative estimate of drug-likeness (QED) is 0.728. The maximum atomic E-state index is 12.0. The van der Waals surface area contributed by atoms with Crippen LogP contribution in [0.25, 0.3) is 0 Å². The Hall–Kier alpha value is -1.78. The first-order valence-electron chi connectivity index (χ1n) is 4.90. The maximum absolute atomic E-state index is 12.0. The Morgan fingerprint density at radius 1 is 1.67 bits per heavy atom. The zero-order valence-electron chi connectivity index (χ0n) is 8.56. The Morgan fingerprint density at radius 2 is 2.47 bits per heavy atom. The summed E-state index contributed by atoms with van der Waals surface area (Å²) in [5.74, 6) is 0.315. The summed E-state index contributed by atoms with van der Waals surface area (Å²) < 4.78 is 5.38. The molecule has 1 aliphatic heterocycles. The molecule has 2 N–H and O–H groups in total. The molecule has 0 bridgehead atoms. The van der Waals surface area contributed by atoms with Gasteiger partial charge >= 0.3 is 0 Å². The van der Waals surface area contributed by atoms with Gasteiger partial charge in [-0.05, 0) is 13.0 Å². The molecule has 1 aliphatic rings. The summed E-state index contributed by atoms with van der Waals surface area (Å²) >= 11 is 0. The number of nitrogen functional groups attached to an aromatic ring is 1. The molecule has 1 amide bonds. The lowest BCUT2D eigenvalue weighted by molar-refractivity contribution is 0.0765. The number of amides is 1. The molecule has 5 heteroatoms. The molecule has 15 heavy (non-hydrogen) atoms. The van der Waals surface area contributed by atoms with Gasteiger partial charge in [-0.2, -0.15) is 0 Å². The first-order chi connectivity index (χ1) is 7.22. The number of anilines is 1. The highest BCUT2D eigenvalue weighted by molar-refractivity contribution is 5.97. The fourth-order valence-corrected chi connectivity index (χ4v) is 1.56. The molecule has 0 unspecified atom stereocenters. The highest BCUT2D eigenvalue weighted by atomic mass is 16.5. The standard InChI is InChI=1S/C10H13N3O2/c1-2-13-3-4-15-9-8(10(13)14)5-7(11)6-12-9/h5-6H,2-4,11H2,1H3. The molecular formula is C10H13N3O2. The minimum absolute atomic E-state index is 0.0650. The van der Waals surface area contributed by atoms with Gasteiger partial charge in [0.1, 0.15) is 12.2 Å². The van der Waals surface area contributed by atoms with Gasteiger partial charge in [0, 0.05) is 6.54 Å². The Bertz CT molecular complexity index is 392. The van der Waals surface area contributed by atoms with E-state index in [1.165, 1.54) is 6.20 Å². The number of ether oxygens (including phenoxy) is 1. The van der Waals surface area contributed by atoms with E-state index in [1.807, 2.05) is 6.92 Å². The topological polar surface area (TPSA) is 68.4 Å². The van der Waals surface area contributed by atoms with E-state index in [2.05, 4.69) is 4.98 Å². The van der Waals surface area contributed by atoms with Crippen molar-refractivity contribution >= 4 is 11.6 Å². The third-order valence-electron chi connectivity index (χ3n) is 2.37. The third kappa shape index (κ3) is 1.72. The van der Waals surface area contributed by atoms with Crippen LogP contribution in [0.3, 0.4) is 0 Å². The highest BCUT2D eigenvalue weighted by Crippen LogP contribution is 2.22. The van der Waals surface area contributed by atoms with Gasteiger partial charge < -0.3 is 15.4 Å². The smallest absolute Gasteiger partial charge is 0.259 e. The van der Waals surface area contributed by atoms with Crippen LogP contribution in [0.15, 0.2) is 12.3 Å². The SMILES string of the molecule is CCN1CCOc2ncc(N)cc2C1=O. The largest absolute Gasteiger partial charge is 0.475 e. The van der Waals surface area contributed by atoms with Crippen molar-refractivity contribution in [2.45, 2.75) is 6.92 Å². The van der Waals surface area contributed by atoms with E-state index >= 15 is 0 Å². The molecule has 0 saturated heterocycles. The van der Waals surface area contributed by atoms with Gasteiger partial charge in [0.15, 0.2) is 0 Å². The molecule has 1 aromatic rings. The number of fused-ring (bicyclic) bond motifs is 1. The molecule has 0 saturated carbocycles. The molecule has 5 nitrogen and oxygen atoms in total. The van der Waals surface area contributed by atoms with Crippen molar-refractivity contribution in [2.75, 3.05) is 25.4 Å². The van der Waals surface area contributed by atoms with Crippen molar-refractivity contribution in [2.24, 2.45) is 0 Å². The van der Waals surface area contributed by atoms with Gasteiger partial charge in [-0.3, -0.25) is 4.79 Å². The lowest BCUT2D eigenvalue weighted by Gasteiger charge is -2.16. The third-order valence-corrected chi connectivity index (χ3v) is 2.37. The molecular weight excluding hydrogens is 194 g/mol. The van der Waals surface area contributed by atoms with Crippen molar-refractivity contribution in [1.82, 2.24) is 9.88 Å². The van der Waals surface area contributed by atoms with Crippen molar-refractivity contribution < 1.29 is 9.53 Å². The van der Waals surface area contributed by atoms with Crippen LogP contribution < -0.4 is 10.5 Å². The zero-order valence-corrected chi connectivity index (χ0v) is 8.56. The number of likely N-dealkylation sites (N-methyl/N-ethyl adjacent to an activating group) is 1. The zero-order chi connectivity index (χ0) is 10.8. The highest BCUT2D eigenvalue weighted by Gasteiger charge is 2.23. The summed E-state index contributed by atoms with van der Waals surface area (Å²) in [6.07, 6.45) is 1.49. The molecule has 0 aromatic carbocycles. The molecule has 1 aromatic heterocycles. The van der Waals surface area contributed by atoms with Gasteiger partial charge in [0.05, 0.1) is 18.4 Å². The summed E-state index contributed by atoms with van der Waals surface area (Å²) in [6, 6.07) is 1.61. The van der Waals surface area contributed by atoms with Gasteiger partial charge in [0.2, 0.25) is 5.88 Å². The molecule has 0 fully saturated rings. The van der Waals surface area contributed by atoms with Crippen LogP contribution >= 0.6 is 0 Å².